The van der Waals surface area contributed by atoms with E-state index >= 15 is 0 Å². The van der Waals surface area contributed by atoms with Gasteiger partial charge < -0.3 is 9.29 Å². The van der Waals surface area contributed by atoms with Gasteiger partial charge in [0.15, 0.2) is 10.7 Å². The fourth-order valence-corrected chi connectivity index (χ4v) is 3.61. The minimum Gasteiger partial charge on any atom is -0.501 e. The Balaban J connectivity index is 2.18. The number of azide groups is 1. The maximum absolute atomic E-state index is 12.7. The van der Waals surface area contributed by atoms with Crippen LogP contribution in [0.2, 0.25) is 0 Å². The smallest absolute Gasteiger partial charge is 0.433 e. The van der Waals surface area contributed by atoms with Gasteiger partial charge in [0.25, 0.3) is 0 Å². The maximum atomic E-state index is 12.7. The van der Waals surface area contributed by atoms with Crippen LogP contribution in [0.1, 0.15) is 0 Å². The summed E-state index contributed by atoms with van der Waals surface area (Å²) in [5.41, 5.74) is 8.44. The Kier molecular flexibility index (Phi) is 4.33. The number of aromatic hydroxyl groups is 1. The summed E-state index contributed by atoms with van der Waals surface area (Å²) in [4.78, 5) is 5.44. The average molecular weight is 368 g/mol. The number of benzene rings is 3. The molecule has 26 heavy (non-hydrogen) atoms. The van der Waals surface area contributed by atoms with Crippen molar-refractivity contribution in [2.75, 3.05) is 0 Å². The summed E-state index contributed by atoms with van der Waals surface area (Å²) in [6.07, 6.45) is 0. The third-order valence-corrected chi connectivity index (χ3v) is 4.85. The Morgan fingerprint density at radius 3 is 2.54 bits per heavy atom. The van der Waals surface area contributed by atoms with E-state index in [9.17, 15) is 13.5 Å². The molecule has 3 aromatic carbocycles. The van der Waals surface area contributed by atoms with Crippen molar-refractivity contribution < 1.29 is 17.7 Å². The molecule has 3 rings (SSSR count). The molecular weight excluding hydrogens is 358 g/mol. The Bertz CT molecular complexity index is 1210. The van der Waals surface area contributed by atoms with Gasteiger partial charge in [0.1, 0.15) is 4.90 Å². The summed E-state index contributed by atoms with van der Waals surface area (Å²) in [7, 11) is -4.31. The summed E-state index contributed by atoms with van der Waals surface area (Å²) in [6, 6.07) is 12.7. The number of fused-ring (bicyclic) bond motifs is 1. The van der Waals surface area contributed by atoms with Crippen molar-refractivity contribution in [3.8, 4) is 11.5 Å². The minimum atomic E-state index is -4.31. The monoisotopic (exact) mass is 368 g/mol. The van der Waals surface area contributed by atoms with E-state index in [1.807, 2.05) is 0 Å². The predicted octanol–water partition coefficient (Wildman–Crippen LogP) is 4.74. The van der Waals surface area contributed by atoms with Gasteiger partial charge in [-0.1, -0.05) is 23.3 Å². The average Bonchev–Trinajstić information content (AvgIpc) is 2.62. The minimum absolute atomic E-state index is 0.0162. The van der Waals surface area contributed by atoms with Crippen molar-refractivity contribution in [2.45, 2.75) is 4.90 Å². The molecule has 0 spiro atoms. The lowest BCUT2D eigenvalue weighted by Crippen LogP contribution is -2.10. The molecular formula is C16H10N5O4S+. The van der Waals surface area contributed by atoms with Crippen LogP contribution in [-0.2, 0) is 10.1 Å². The molecule has 0 aliphatic heterocycles. The molecule has 0 radical (unpaired) electrons. The molecule has 0 heterocycles. The molecule has 0 aliphatic rings. The van der Waals surface area contributed by atoms with E-state index in [2.05, 4.69) is 15.0 Å². The summed E-state index contributed by atoms with van der Waals surface area (Å²) in [5, 5.41) is 22.6. The number of diazo groups is 1. The van der Waals surface area contributed by atoms with Crippen LogP contribution in [0.3, 0.4) is 0 Å². The van der Waals surface area contributed by atoms with Gasteiger partial charge in [-0.05, 0) is 41.9 Å². The zero-order chi connectivity index (χ0) is 18.7. The van der Waals surface area contributed by atoms with E-state index in [-0.39, 0.29) is 38.5 Å². The topological polar surface area (TPSA) is 141 Å². The standard InChI is InChI=1S/C16H9N5O4S/c17-19-16-11-4-3-7-15(10(11)8-9-13(16)22)26(23,24)25-14-6-2-1-5-12(14)20-21-18/h1-9H/p+1. The molecule has 0 aliphatic carbocycles. The highest BCUT2D eigenvalue weighted by atomic mass is 32.2. The van der Waals surface area contributed by atoms with E-state index in [4.69, 9.17) is 15.1 Å². The van der Waals surface area contributed by atoms with Gasteiger partial charge in [0, 0.05) is 10.3 Å². The summed E-state index contributed by atoms with van der Waals surface area (Å²) < 4.78 is 30.6. The van der Waals surface area contributed by atoms with Crippen LogP contribution < -0.4 is 4.18 Å². The molecule has 0 unspecified atom stereocenters. The fourth-order valence-electron chi connectivity index (χ4n) is 2.45. The summed E-state index contributed by atoms with van der Waals surface area (Å²) in [5.74, 6) is -0.433. The molecule has 10 heteroatoms. The zero-order valence-electron chi connectivity index (χ0n) is 13.0. The first-order chi connectivity index (χ1) is 12.5. The lowest BCUT2D eigenvalue weighted by molar-refractivity contribution is 0.478. The van der Waals surface area contributed by atoms with E-state index in [1.165, 1.54) is 48.5 Å². The van der Waals surface area contributed by atoms with Crippen LogP contribution >= 0.6 is 0 Å². The Morgan fingerprint density at radius 2 is 1.81 bits per heavy atom. The number of phenols is 1. The van der Waals surface area contributed by atoms with Gasteiger partial charge in [-0.25, -0.2) is 0 Å². The van der Waals surface area contributed by atoms with Gasteiger partial charge in [-0.2, -0.15) is 8.42 Å². The maximum Gasteiger partial charge on any atom is 0.433 e. The predicted molar refractivity (Wildman–Crippen MR) is 93.4 cm³/mol. The molecule has 1 N–H and O–H groups in total. The normalized spacial score (nSPS) is 10.7. The zero-order valence-corrected chi connectivity index (χ0v) is 13.8. The number of phenolic OH excluding ortho intramolecular Hbond substituents is 1. The van der Waals surface area contributed by atoms with Crippen molar-refractivity contribution >= 4 is 32.3 Å². The van der Waals surface area contributed by atoms with Crippen LogP contribution in [0.4, 0.5) is 11.4 Å². The number of para-hydroxylation sites is 1. The van der Waals surface area contributed by atoms with Crippen LogP contribution in [0.15, 0.2) is 64.6 Å². The van der Waals surface area contributed by atoms with E-state index in [0.717, 1.165) is 0 Å². The van der Waals surface area contributed by atoms with Gasteiger partial charge >= 0.3 is 15.8 Å². The Morgan fingerprint density at radius 1 is 1.04 bits per heavy atom. The van der Waals surface area contributed by atoms with Gasteiger partial charge in [0.05, 0.1) is 11.1 Å². The lowest BCUT2D eigenvalue weighted by atomic mass is 10.1. The molecule has 9 nitrogen and oxygen atoms in total. The number of hydrogen-bond donors (Lipinski definition) is 1. The summed E-state index contributed by atoms with van der Waals surface area (Å²) in [6.45, 7) is 0. The van der Waals surface area contributed by atoms with Gasteiger partial charge in [-0.3, -0.25) is 0 Å². The third-order valence-electron chi connectivity index (χ3n) is 3.56. The molecule has 128 valence electrons. The Hall–Kier alpha value is -3.80. The van der Waals surface area contributed by atoms with Crippen LogP contribution in [0.25, 0.3) is 26.2 Å². The second kappa shape index (κ2) is 6.60. The first kappa shape index (κ1) is 17.0. The lowest BCUT2D eigenvalue weighted by Gasteiger charge is -2.10. The van der Waals surface area contributed by atoms with Crippen molar-refractivity contribution in [3.05, 3.63) is 70.0 Å². The summed E-state index contributed by atoms with van der Waals surface area (Å²) >= 11 is 0. The van der Waals surface area contributed by atoms with Crippen LogP contribution in [0, 0.1) is 5.39 Å². The Labute approximate surface area is 147 Å². The van der Waals surface area contributed by atoms with Crippen molar-refractivity contribution in [1.29, 1.82) is 5.39 Å². The van der Waals surface area contributed by atoms with E-state index < -0.39 is 10.1 Å². The number of nitrogens with zero attached hydrogens (tertiary/aromatic N) is 5. The van der Waals surface area contributed by atoms with E-state index in [0.29, 0.717) is 0 Å². The molecule has 0 fully saturated rings. The number of hydrogen-bond acceptors (Lipinski definition) is 6. The van der Waals surface area contributed by atoms with Gasteiger partial charge in [-0.15, -0.1) is 0 Å². The largest absolute Gasteiger partial charge is 0.501 e. The highest BCUT2D eigenvalue weighted by Crippen LogP contribution is 2.38. The molecule has 3 aromatic rings. The molecule has 0 atom stereocenters. The second-order valence-corrected chi connectivity index (χ2v) is 6.59. The first-order valence-electron chi connectivity index (χ1n) is 7.16. The fraction of sp³-hybridized carbons (Fsp3) is 0. The molecule has 0 saturated heterocycles. The van der Waals surface area contributed by atoms with Crippen molar-refractivity contribution in [3.63, 3.8) is 0 Å². The highest BCUT2D eigenvalue weighted by molar-refractivity contribution is 7.87. The first-order valence-corrected chi connectivity index (χ1v) is 8.57. The SMILES string of the molecule is N#[N+]c1c(O)ccc2c(S(=O)(=O)Oc3ccccc3N=[N+]=[N-])cccc12. The quantitative estimate of drug-likeness (QED) is 0.233. The van der Waals surface area contributed by atoms with Crippen molar-refractivity contribution in [1.82, 2.24) is 0 Å². The third kappa shape index (κ3) is 2.95. The molecule has 0 amide bonds. The second-order valence-electron chi connectivity index (χ2n) is 5.08. The van der Waals surface area contributed by atoms with Gasteiger partial charge in [0.2, 0.25) is 11.1 Å². The van der Waals surface area contributed by atoms with Crippen molar-refractivity contribution in [2.24, 2.45) is 5.11 Å². The molecule has 0 bridgehead atoms. The molecule has 0 saturated carbocycles. The van der Waals surface area contributed by atoms with E-state index in [1.54, 1.807) is 6.07 Å². The van der Waals surface area contributed by atoms with Crippen LogP contribution in [0.5, 0.6) is 11.5 Å². The van der Waals surface area contributed by atoms with Crippen LogP contribution in [-0.4, -0.2) is 13.5 Å². The molecule has 0 aromatic heterocycles. The number of rotatable bonds is 4. The highest BCUT2D eigenvalue weighted by Gasteiger charge is 2.26.